The molecule has 150 valence electrons. The van der Waals surface area contributed by atoms with E-state index in [2.05, 4.69) is 10.6 Å². The molecule has 0 spiro atoms. The average Bonchev–Trinajstić information content (AvgIpc) is 3.26. The summed E-state index contributed by atoms with van der Waals surface area (Å²) in [6.45, 7) is 1.75. The number of hydrogen-bond acceptors (Lipinski definition) is 6. The van der Waals surface area contributed by atoms with Gasteiger partial charge in [-0.15, -0.1) is 11.3 Å². The minimum absolute atomic E-state index is 0.123. The number of hydrogen-bond donors (Lipinski definition) is 2. The normalized spacial score (nSPS) is 12.8. The molecule has 0 aliphatic rings. The van der Waals surface area contributed by atoms with Gasteiger partial charge in [0.15, 0.2) is 0 Å². The summed E-state index contributed by atoms with van der Waals surface area (Å²) in [6.07, 6.45) is 0. The molecule has 8 heteroatoms. The third-order valence-electron chi connectivity index (χ3n) is 4.42. The number of non-ortho nitro benzene ring substituents is 1. The molecular weight excluding hydrogens is 390 g/mol. The summed E-state index contributed by atoms with van der Waals surface area (Å²) >= 11 is 1.61. The molecule has 0 bridgehead atoms. The van der Waals surface area contributed by atoms with E-state index in [-0.39, 0.29) is 23.3 Å². The zero-order valence-corrected chi connectivity index (χ0v) is 16.8. The van der Waals surface area contributed by atoms with Gasteiger partial charge in [-0.1, -0.05) is 36.4 Å². The van der Waals surface area contributed by atoms with Gasteiger partial charge in [-0.05, 0) is 30.0 Å². The van der Waals surface area contributed by atoms with Crippen LogP contribution in [0.25, 0.3) is 0 Å². The standard InChI is InChI=1S/C21H21N3O4S/c1-14(21(25)23-17-13-16(24(26)27)10-11-18(17)28-2)22-20(19-9-6-12-29-19)15-7-4-3-5-8-15/h3-14,20,22H,1-2H3,(H,23,25)/t14-,20-/m1/s1. The van der Waals surface area contributed by atoms with Crippen molar-refractivity contribution in [1.82, 2.24) is 5.32 Å². The lowest BCUT2D eigenvalue weighted by atomic mass is 10.0. The summed E-state index contributed by atoms with van der Waals surface area (Å²) in [5.74, 6) is 0.0373. The highest BCUT2D eigenvalue weighted by Crippen LogP contribution is 2.30. The first kappa shape index (κ1) is 20.5. The molecule has 7 nitrogen and oxygen atoms in total. The molecule has 0 saturated carbocycles. The van der Waals surface area contributed by atoms with Crippen LogP contribution in [-0.4, -0.2) is 24.0 Å². The predicted molar refractivity (Wildman–Crippen MR) is 113 cm³/mol. The van der Waals surface area contributed by atoms with Crippen LogP contribution < -0.4 is 15.4 Å². The number of carbonyl (C=O) groups excluding carboxylic acids is 1. The van der Waals surface area contributed by atoms with Crippen LogP contribution in [0.1, 0.15) is 23.4 Å². The maximum Gasteiger partial charge on any atom is 0.271 e. The molecule has 3 aromatic rings. The van der Waals surface area contributed by atoms with Crippen molar-refractivity contribution in [2.75, 3.05) is 12.4 Å². The molecule has 2 N–H and O–H groups in total. The van der Waals surface area contributed by atoms with Crippen LogP contribution in [0.2, 0.25) is 0 Å². The number of anilines is 1. The second-order valence-corrected chi connectivity index (χ2v) is 7.36. The van der Waals surface area contributed by atoms with E-state index in [0.29, 0.717) is 5.75 Å². The van der Waals surface area contributed by atoms with Crippen molar-refractivity contribution in [3.8, 4) is 5.75 Å². The fourth-order valence-corrected chi connectivity index (χ4v) is 3.73. The van der Waals surface area contributed by atoms with Crippen LogP contribution in [0.5, 0.6) is 5.75 Å². The first-order chi connectivity index (χ1) is 14.0. The van der Waals surface area contributed by atoms with Gasteiger partial charge in [0.25, 0.3) is 5.69 Å². The van der Waals surface area contributed by atoms with Crippen molar-refractivity contribution < 1.29 is 14.5 Å². The lowest BCUT2D eigenvalue weighted by Gasteiger charge is -2.23. The Balaban J connectivity index is 1.79. The van der Waals surface area contributed by atoms with Crippen molar-refractivity contribution in [2.24, 2.45) is 0 Å². The highest BCUT2D eigenvalue weighted by Gasteiger charge is 2.23. The number of nitro groups is 1. The highest BCUT2D eigenvalue weighted by molar-refractivity contribution is 7.10. The monoisotopic (exact) mass is 411 g/mol. The summed E-state index contributed by atoms with van der Waals surface area (Å²) in [5, 5.41) is 19.1. The Hall–Kier alpha value is -3.23. The molecule has 0 saturated heterocycles. The SMILES string of the molecule is COc1ccc([N+](=O)[O-])cc1NC(=O)[C@@H](C)N[C@H](c1ccccc1)c1cccs1. The van der Waals surface area contributed by atoms with Gasteiger partial charge in [0.1, 0.15) is 5.75 Å². The Morgan fingerprint density at radius 2 is 1.90 bits per heavy atom. The van der Waals surface area contributed by atoms with Crippen molar-refractivity contribution >= 4 is 28.6 Å². The van der Waals surface area contributed by atoms with Gasteiger partial charge in [-0.2, -0.15) is 0 Å². The summed E-state index contributed by atoms with van der Waals surface area (Å²) in [7, 11) is 1.45. The number of nitrogens with one attached hydrogen (secondary N) is 2. The number of amides is 1. The first-order valence-corrected chi connectivity index (χ1v) is 9.85. The second kappa shape index (κ2) is 9.31. The minimum Gasteiger partial charge on any atom is -0.495 e. The van der Waals surface area contributed by atoms with Crippen molar-refractivity contribution in [2.45, 2.75) is 19.0 Å². The Labute approximate surface area is 172 Å². The highest BCUT2D eigenvalue weighted by atomic mass is 32.1. The number of ether oxygens (including phenoxy) is 1. The van der Waals surface area contributed by atoms with Gasteiger partial charge in [0, 0.05) is 17.0 Å². The molecule has 0 radical (unpaired) electrons. The van der Waals surface area contributed by atoms with Crippen LogP contribution in [0.15, 0.2) is 66.0 Å². The Morgan fingerprint density at radius 3 is 2.52 bits per heavy atom. The number of methoxy groups -OCH3 is 1. The van der Waals surface area contributed by atoms with Gasteiger partial charge in [-0.3, -0.25) is 20.2 Å². The minimum atomic E-state index is -0.564. The number of carbonyl (C=O) groups is 1. The van der Waals surface area contributed by atoms with E-state index in [0.717, 1.165) is 10.4 Å². The van der Waals surface area contributed by atoms with E-state index < -0.39 is 11.0 Å². The van der Waals surface area contributed by atoms with Crippen molar-refractivity contribution in [1.29, 1.82) is 0 Å². The van der Waals surface area contributed by atoms with Gasteiger partial charge < -0.3 is 10.1 Å². The number of rotatable bonds is 8. The van der Waals surface area contributed by atoms with E-state index in [4.69, 9.17) is 4.74 Å². The van der Waals surface area contributed by atoms with E-state index in [1.165, 1.54) is 25.3 Å². The Morgan fingerprint density at radius 1 is 1.14 bits per heavy atom. The van der Waals surface area contributed by atoms with Crippen LogP contribution in [0.3, 0.4) is 0 Å². The van der Waals surface area contributed by atoms with Crippen molar-refractivity contribution in [3.63, 3.8) is 0 Å². The molecule has 3 rings (SSSR count). The van der Waals surface area contributed by atoms with Gasteiger partial charge >= 0.3 is 0 Å². The molecular formula is C21H21N3O4S. The molecule has 2 aromatic carbocycles. The zero-order valence-electron chi connectivity index (χ0n) is 16.0. The number of nitro benzene ring substituents is 1. The fraction of sp³-hybridized carbons (Fsp3) is 0.190. The molecule has 0 unspecified atom stereocenters. The molecule has 1 amide bonds. The lowest BCUT2D eigenvalue weighted by molar-refractivity contribution is -0.384. The summed E-state index contributed by atoms with van der Waals surface area (Å²) in [4.78, 5) is 24.4. The fourth-order valence-electron chi connectivity index (χ4n) is 2.92. The summed E-state index contributed by atoms with van der Waals surface area (Å²) in [6, 6.07) is 17.2. The predicted octanol–water partition coefficient (Wildman–Crippen LogP) is 4.37. The summed E-state index contributed by atoms with van der Waals surface area (Å²) < 4.78 is 5.21. The Kier molecular flexibility index (Phi) is 6.58. The third kappa shape index (κ3) is 4.98. The van der Waals surface area contributed by atoms with Gasteiger partial charge in [0.05, 0.1) is 29.8 Å². The van der Waals surface area contributed by atoms with Crippen LogP contribution in [0.4, 0.5) is 11.4 Å². The number of benzene rings is 2. The molecule has 2 atom stereocenters. The number of nitrogens with zero attached hydrogens (tertiary/aromatic N) is 1. The number of thiophene rings is 1. The quantitative estimate of drug-likeness (QED) is 0.424. The molecule has 0 fully saturated rings. The van der Waals surface area contributed by atoms with E-state index in [1.54, 1.807) is 18.3 Å². The molecule has 0 aliphatic carbocycles. The maximum atomic E-state index is 12.8. The summed E-state index contributed by atoms with van der Waals surface area (Å²) in [5.41, 5.74) is 1.18. The lowest BCUT2D eigenvalue weighted by Crippen LogP contribution is -2.40. The van der Waals surface area contributed by atoms with Crippen LogP contribution in [-0.2, 0) is 4.79 Å². The smallest absolute Gasteiger partial charge is 0.271 e. The van der Waals surface area contributed by atoms with Gasteiger partial charge in [0.2, 0.25) is 5.91 Å². The topological polar surface area (TPSA) is 93.5 Å². The second-order valence-electron chi connectivity index (χ2n) is 6.38. The molecule has 1 heterocycles. The molecule has 29 heavy (non-hydrogen) atoms. The molecule has 1 aromatic heterocycles. The van der Waals surface area contributed by atoms with E-state index in [9.17, 15) is 14.9 Å². The van der Waals surface area contributed by atoms with Crippen LogP contribution in [0, 0.1) is 10.1 Å². The average molecular weight is 411 g/mol. The van der Waals surface area contributed by atoms with Crippen molar-refractivity contribution in [3.05, 3.63) is 86.6 Å². The van der Waals surface area contributed by atoms with E-state index in [1.807, 2.05) is 47.8 Å². The maximum absolute atomic E-state index is 12.8. The third-order valence-corrected chi connectivity index (χ3v) is 5.36. The zero-order chi connectivity index (χ0) is 20.8. The largest absolute Gasteiger partial charge is 0.495 e. The first-order valence-electron chi connectivity index (χ1n) is 8.97. The van der Waals surface area contributed by atoms with E-state index >= 15 is 0 Å². The Bertz CT molecular complexity index is 977. The molecule has 0 aliphatic heterocycles. The van der Waals surface area contributed by atoms with Gasteiger partial charge in [-0.25, -0.2) is 0 Å². The van der Waals surface area contributed by atoms with Crippen LogP contribution >= 0.6 is 11.3 Å².